The Hall–Kier alpha value is -0.120. The fourth-order valence-corrected chi connectivity index (χ4v) is 3.37. The largest absolute Gasteiger partial charge is 0.379 e. The Morgan fingerprint density at radius 1 is 1.18 bits per heavy atom. The van der Waals surface area contributed by atoms with Crippen molar-refractivity contribution in [3.05, 3.63) is 0 Å². The summed E-state index contributed by atoms with van der Waals surface area (Å²) in [6.07, 6.45) is 4.13. The van der Waals surface area contributed by atoms with Gasteiger partial charge < -0.3 is 10.1 Å². The fourth-order valence-electron chi connectivity index (χ4n) is 3.37. The van der Waals surface area contributed by atoms with E-state index in [2.05, 4.69) is 31.0 Å². The number of likely N-dealkylation sites (tertiary alicyclic amines) is 1. The topological polar surface area (TPSA) is 24.5 Å². The molecule has 2 saturated heterocycles. The summed E-state index contributed by atoms with van der Waals surface area (Å²) in [7, 11) is 0. The molecule has 4 atom stereocenters. The monoisotopic (exact) mass is 240 g/mol. The average molecular weight is 240 g/mol. The molecule has 0 aromatic rings. The number of rotatable bonds is 4. The van der Waals surface area contributed by atoms with Crippen LogP contribution in [0.2, 0.25) is 0 Å². The van der Waals surface area contributed by atoms with Crippen molar-refractivity contribution < 1.29 is 4.74 Å². The Morgan fingerprint density at radius 3 is 2.53 bits per heavy atom. The molecule has 2 heterocycles. The number of nitrogens with zero attached hydrogens (tertiary/aromatic N) is 1. The van der Waals surface area contributed by atoms with E-state index < -0.39 is 0 Å². The van der Waals surface area contributed by atoms with Crippen LogP contribution in [-0.2, 0) is 4.74 Å². The molecule has 2 aliphatic heterocycles. The molecule has 0 aromatic carbocycles. The zero-order chi connectivity index (χ0) is 12.3. The van der Waals surface area contributed by atoms with Crippen molar-refractivity contribution in [3.8, 4) is 0 Å². The lowest BCUT2D eigenvalue weighted by atomic mass is 9.94. The predicted octanol–water partition coefficient (Wildman–Crippen LogP) is 1.87. The molecule has 17 heavy (non-hydrogen) atoms. The number of hydrogen-bond donors (Lipinski definition) is 1. The van der Waals surface area contributed by atoms with E-state index in [1.165, 1.54) is 25.8 Å². The molecule has 0 spiro atoms. The molecule has 2 fully saturated rings. The van der Waals surface area contributed by atoms with Crippen molar-refractivity contribution in [1.82, 2.24) is 10.2 Å². The van der Waals surface area contributed by atoms with Crippen LogP contribution in [0.25, 0.3) is 0 Å². The SMILES string of the molecule is CCNC1COCC1CN1[C@H](C)CCC[C@@H]1C. The molecule has 0 bridgehead atoms. The second-order valence-electron chi connectivity index (χ2n) is 5.79. The summed E-state index contributed by atoms with van der Waals surface area (Å²) in [6.45, 7) is 11.0. The van der Waals surface area contributed by atoms with Gasteiger partial charge in [0.15, 0.2) is 0 Å². The molecule has 0 aromatic heterocycles. The maximum absolute atomic E-state index is 5.65. The molecular weight excluding hydrogens is 212 g/mol. The highest BCUT2D eigenvalue weighted by Gasteiger charge is 2.33. The number of piperidine rings is 1. The van der Waals surface area contributed by atoms with E-state index in [4.69, 9.17) is 4.74 Å². The van der Waals surface area contributed by atoms with E-state index >= 15 is 0 Å². The van der Waals surface area contributed by atoms with Gasteiger partial charge in [0, 0.05) is 30.6 Å². The van der Waals surface area contributed by atoms with E-state index in [1.54, 1.807) is 0 Å². The van der Waals surface area contributed by atoms with E-state index in [1.807, 2.05) is 0 Å². The predicted molar refractivity (Wildman–Crippen MR) is 71.3 cm³/mol. The molecule has 3 nitrogen and oxygen atoms in total. The lowest BCUT2D eigenvalue weighted by Gasteiger charge is -2.41. The molecular formula is C14H28N2O. The summed E-state index contributed by atoms with van der Waals surface area (Å²) in [6, 6.07) is 2.07. The lowest BCUT2D eigenvalue weighted by Crippen LogP contribution is -2.49. The molecule has 3 heteroatoms. The Labute approximate surface area is 106 Å². The Morgan fingerprint density at radius 2 is 1.88 bits per heavy atom. The summed E-state index contributed by atoms with van der Waals surface area (Å²) < 4.78 is 5.65. The first-order chi connectivity index (χ1) is 8.22. The van der Waals surface area contributed by atoms with Gasteiger partial charge in [-0.3, -0.25) is 4.90 Å². The minimum Gasteiger partial charge on any atom is -0.379 e. The summed E-state index contributed by atoms with van der Waals surface area (Å²) in [5.41, 5.74) is 0. The molecule has 2 unspecified atom stereocenters. The Balaban J connectivity index is 1.89. The molecule has 2 aliphatic rings. The third-order valence-corrected chi connectivity index (χ3v) is 4.49. The summed E-state index contributed by atoms with van der Waals surface area (Å²) in [5, 5.41) is 3.56. The maximum atomic E-state index is 5.65. The first kappa shape index (κ1) is 13.3. The van der Waals surface area contributed by atoms with E-state index in [0.717, 1.165) is 31.8 Å². The minimum absolute atomic E-state index is 0.571. The van der Waals surface area contributed by atoms with Crippen LogP contribution in [0.1, 0.15) is 40.0 Å². The van der Waals surface area contributed by atoms with Crippen LogP contribution in [0.3, 0.4) is 0 Å². The second kappa shape index (κ2) is 6.17. The van der Waals surface area contributed by atoms with Gasteiger partial charge in [-0.1, -0.05) is 13.3 Å². The van der Waals surface area contributed by atoms with Gasteiger partial charge >= 0.3 is 0 Å². The molecule has 2 rings (SSSR count). The summed E-state index contributed by atoms with van der Waals surface area (Å²) >= 11 is 0. The third-order valence-electron chi connectivity index (χ3n) is 4.49. The van der Waals surface area contributed by atoms with Crippen LogP contribution in [0.5, 0.6) is 0 Å². The Kier molecular flexibility index (Phi) is 4.83. The van der Waals surface area contributed by atoms with Crippen LogP contribution >= 0.6 is 0 Å². The molecule has 100 valence electrons. The van der Waals surface area contributed by atoms with Crippen LogP contribution in [0.4, 0.5) is 0 Å². The van der Waals surface area contributed by atoms with Gasteiger partial charge in [0.25, 0.3) is 0 Å². The Bertz CT molecular complexity index is 224. The fraction of sp³-hybridized carbons (Fsp3) is 1.00. The minimum atomic E-state index is 0.571. The summed E-state index contributed by atoms with van der Waals surface area (Å²) in [5.74, 6) is 0.679. The van der Waals surface area contributed by atoms with Crippen molar-refractivity contribution in [1.29, 1.82) is 0 Å². The van der Waals surface area contributed by atoms with Gasteiger partial charge in [-0.15, -0.1) is 0 Å². The molecule has 1 N–H and O–H groups in total. The average Bonchev–Trinajstić information content (AvgIpc) is 2.72. The van der Waals surface area contributed by atoms with Crippen molar-refractivity contribution >= 4 is 0 Å². The van der Waals surface area contributed by atoms with Gasteiger partial charge in [-0.2, -0.15) is 0 Å². The molecule has 0 amide bonds. The van der Waals surface area contributed by atoms with E-state index in [0.29, 0.717) is 12.0 Å². The van der Waals surface area contributed by atoms with Gasteiger partial charge in [-0.25, -0.2) is 0 Å². The first-order valence-electron chi connectivity index (χ1n) is 7.29. The summed E-state index contributed by atoms with van der Waals surface area (Å²) in [4.78, 5) is 2.70. The molecule has 0 saturated carbocycles. The smallest absolute Gasteiger partial charge is 0.0623 e. The second-order valence-corrected chi connectivity index (χ2v) is 5.79. The van der Waals surface area contributed by atoms with Crippen molar-refractivity contribution in [2.75, 3.05) is 26.3 Å². The zero-order valence-electron chi connectivity index (χ0n) is 11.6. The van der Waals surface area contributed by atoms with Gasteiger partial charge in [0.1, 0.15) is 0 Å². The van der Waals surface area contributed by atoms with Crippen LogP contribution in [0.15, 0.2) is 0 Å². The number of likely N-dealkylation sites (N-methyl/N-ethyl adjacent to an activating group) is 1. The van der Waals surface area contributed by atoms with E-state index in [9.17, 15) is 0 Å². The highest BCUT2D eigenvalue weighted by Crippen LogP contribution is 2.25. The van der Waals surface area contributed by atoms with Gasteiger partial charge in [0.05, 0.1) is 13.2 Å². The third kappa shape index (κ3) is 3.21. The molecule has 0 aliphatic carbocycles. The van der Waals surface area contributed by atoms with Crippen LogP contribution in [-0.4, -0.2) is 49.3 Å². The van der Waals surface area contributed by atoms with Gasteiger partial charge in [-0.05, 0) is 33.2 Å². The number of hydrogen-bond acceptors (Lipinski definition) is 3. The van der Waals surface area contributed by atoms with Crippen molar-refractivity contribution in [2.45, 2.75) is 58.2 Å². The first-order valence-corrected chi connectivity index (χ1v) is 7.29. The normalized spacial score (nSPS) is 39.7. The lowest BCUT2D eigenvalue weighted by molar-refractivity contribution is 0.0762. The quantitative estimate of drug-likeness (QED) is 0.812. The number of ether oxygens (including phenoxy) is 1. The highest BCUT2D eigenvalue weighted by atomic mass is 16.5. The molecule has 0 radical (unpaired) electrons. The number of nitrogens with one attached hydrogen (secondary N) is 1. The van der Waals surface area contributed by atoms with Crippen LogP contribution in [0, 0.1) is 5.92 Å². The van der Waals surface area contributed by atoms with Crippen LogP contribution < -0.4 is 5.32 Å². The van der Waals surface area contributed by atoms with Crippen molar-refractivity contribution in [2.24, 2.45) is 5.92 Å². The van der Waals surface area contributed by atoms with Gasteiger partial charge in [0.2, 0.25) is 0 Å². The standard InChI is InChI=1S/C14H28N2O/c1-4-15-14-10-17-9-13(14)8-16-11(2)6-5-7-12(16)3/h11-15H,4-10H2,1-3H3/t11-,12+,13?,14?. The van der Waals surface area contributed by atoms with Crippen molar-refractivity contribution in [3.63, 3.8) is 0 Å². The highest BCUT2D eigenvalue weighted by molar-refractivity contribution is 4.87. The maximum Gasteiger partial charge on any atom is 0.0623 e. The van der Waals surface area contributed by atoms with E-state index in [-0.39, 0.29) is 0 Å². The zero-order valence-corrected chi connectivity index (χ0v) is 11.6.